The van der Waals surface area contributed by atoms with Crippen molar-refractivity contribution in [1.29, 1.82) is 5.26 Å². The quantitative estimate of drug-likeness (QED) is 0.677. The molecule has 0 aromatic carbocycles. The molecule has 0 N–H and O–H groups in total. The van der Waals surface area contributed by atoms with Crippen molar-refractivity contribution >= 4 is 0 Å². The molecule has 1 aliphatic rings. The molecule has 0 bridgehead atoms. The van der Waals surface area contributed by atoms with Gasteiger partial charge in [-0.05, 0) is 13.0 Å². The molecule has 1 fully saturated rings. The summed E-state index contributed by atoms with van der Waals surface area (Å²) in [6.45, 7) is 8.96. The zero-order valence-electron chi connectivity index (χ0n) is 9.53. The smallest absolute Gasteiger partial charge is 0.0638 e. The number of nitriles is 1. The molecule has 3 nitrogen and oxygen atoms in total. The molecule has 1 aliphatic heterocycles. The average Bonchev–Trinajstić information content (AvgIpc) is 2.10. The summed E-state index contributed by atoms with van der Waals surface area (Å²) < 4.78 is 0. The minimum absolute atomic E-state index is 0.437. The molecule has 0 aromatic rings. The Labute approximate surface area is 87.3 Å². The summed E-state index contributed by atoms with van der Waals surface area (Å²) in [5, 5.41) is 8.71. The van der Waals surface area contributed by atoms with Crippen LogP contribution in [0, 0.1) is 17.2 Å². The normalized spacial score (nSPS) is 25.2. The molecule has 3 heteroatoms. The first kappa shape index (κ1) is 11.5. The van der Waals surface area contributed by atoms with Crippen molar-refractivity contribution < 1.29 is 0 Å². The topological polar surface area (TPSA) is 30.3 Å². The Morgan fingerprint density at radius 2 is 2.14 bits per heavy atom. The molecule has 0 aromatic heterocycles. The lowest BCUT2D eigenvalue weighted by Gasteiger charge is -2.39. The first-order chi connectivity index (χ1) is 6.63. The van der Waals surface area contributed by atoms with E-state index in [2.05, 4.69) is 36.8 Å². The lowest BCUT2D eigenvalue weighted by molar-refractivity contribution is 0.0894. The summed E-state index contributed by atoms with van der Waals surface area (Å²) in [7, 11) is 2.12. The maximum absolute atomic E-state index is 8.71. The van der Waals surface area contributed by atoms with Crippen LogP contribution in [0.3, 0.4) is 0 Å². The van der Waals surface area contributed by atoms with Crippen molar-refractivity contribution in [2.75, 3.05) is 33.2 Å². The van der Waals surface area contributed by atoms with E-state index in [0.29, 0.717) is 12.5 Å². The van der Waals surface area contributed by atoms with Crippen molar-refractivity contribution in [3.05, 3.63) is 0 Å². The molecule has 1 saturated heterocycles. The van der Waals surface area contributed by atoms with Gasteiger partial charge < -0.3 is 4.90 Å². The fourth-order valence-electron chi connectivity index (χ4n) is 2.02. The minimum atomic E-state index is 0.437. The lowest BCUT2D eigenvalue weighted by Crippen LogP contribution is -2.51. The second kappa shape index (κ2) is 5.33. The van der Waals surface area contributed by atoms with Crippen LogP contribution in [0.2, 0.25) is 0 Å². The van der Waals surface area contributed by atoms with Gasteiger partial charge in [-0.15, -0.1) is 0 Å². The van der Waals surface area contributed by atoms with E-state index >= 15 is 0 Å². The highest BCUT2D eigenvalue weighted by Gasteiger charge is 2.23. The maximum Gasteiger partial charge on any atom is 0.0638 e. The van der Waals surface area contributed by atoms with Crippen LogP contribution in [0.5, 0.6) is 0 Å². The fraction of sp³-hybridized carbons (Fsp3) is 0.909. The van der Waals surface area contributed by atoms with Gasteiger partial charge in [-0.25, -0.2) is 0 Å². The van der Waals surface area contributed by atoms with Crippen LogP contribution in [-0.2, 0) is 0 Å². The number of piperazine rings is 1. The first-order valence-corrected chi connectivity index (χ1v) is 5.43. The molecular weight excluding hydrogens is 174 g/mol. The lowest BCUT2D eigenvalue weighted by atomic mass is 10.1. The molecular formula is C11H21N3. The molecule has 0 saturated carbocycles. The zero-order chi connectivity index (χ0) is 10.6. The molecule has 0 amide bonds. The Morgan fingerprint density at radius 1 is 1.43 bits per heavy atom. The highest BCUT2D eigenvalue weighted by atomic mass is 15.3. The Balaban J connectivity index is 2.41. The van der Waals surface area contributed by atoms with Gasteiger partial charge in [-0.3, -0.25) is 4.90 Å². The van der Waals surface area contributed by atoms with Crippen molar-refractivity contribution in [2.24, 2.45) is 5.92 Å². The van der Waals surface area contributed by atoms with Gasteiger partial charge in [0, 0.05) is 32.2 Å². The Kier molecular flexibility index (Phi) is 4.37. The molecule has 1 unspecified atom stereocenters. The van der Waals surface area contributed by atoms with Gasteiger partial charge in [0.25, 0.3) is 0 Å². The van der Waals surface area contributed by atoms with Crippen molar-refractivity contribution in [3.8, 4) is 6.07 Å². The number of hydrogen-bond donors (Lipinski definition) is 0. The van der Waals surface area contributed by atoms with E-state index in [1.807, 2.05) is 0 Å². The van der Waals surface area contributed by atoms with Gasteiger partial charge in [-0.2, -0.15) is 5.26 Å². The Morgan fingerprint density at radius 3 is 2.71 bits per heavy atom. The van der Waals surface area contributed by atoms with Gasteiger partial charge in [0.2, 0.25) is 0 Å². The minimum Gasteiger partial charge on any atom is -0.300 e. The van der Waals surface area contributed by atoms with E-state index in [1.165, 1.54) is 0 Å². The predicted octanol–water partition coefficient (Wildman–Crippen LogP) is 1.17. The van der Waals surface area contributed by atoms with Gasteiger partial charge in [0.15, 0.2) is 0 Å². The fourth-order valence-corrected chi connectivity index (χ4v) is 2.02. The highest BCUT2D eigenvalue weighted by Crippen LogP contribution is 2.11. The summed E-state index contributed by atoms with van der Waals surface area (Å²) in [4.78, 5) is 4.78. The summed E-state index contributed by atoms with van der Waals surface area (Å²) >= 11 is 0. The molecule has 1 heterocycles. The number of rotatable bonds is 3. The van der Waals surface area contributed by atoms with E-state index in [4.69, 9.17) is 5.26 Å². The van der Waals surface area contributed by atoms with E-state index in [-0.39, 0.29) is 0 Å². The molecule has 0 aliphatic carbocycles. The van der Waals surface area contributed by atoms with E-state index < -0.39 is 0 Å². The predicted molar refractivity (Wildman–Crippen MR) is 57.9 cm³/mol. The maximum atomic E-state index is 8.71. The SMILES string of the molecule is CC(C)CN1CCN(C)C(CC#N)C1. The standard InChI is InChI=1S/C11H21N3/c1-10(2)8-14-7-6-13(3)11(9-14)4-5-12/h10-11H,4,6-9H2,1-3H3. The molecule has 14 heavy (non-hydrogen) atoms. The molecule has 0 spiro atoms. The highest BCUT2D eigenvalue weighted by molar-refractivity contribution is 4.87. The van der Waals surface area contributed by atoms with Gasteiger partial charge >= 0.3 is 0 Å². The van der Waals surface area contributed by atoms with Crippen LogP contribution in [0.4, 0.5) is 0 Å². The largest absolute Gasteiger partial charge is 0.300 e. The summed E-state index contributed by atoms with van der Waals surface area (Å²) in [5.74, 6) is 0.723. The number of nitrogens with zero attached hydrogens (tertiary/aromatic N) is 3. The van der Waals surface area contributed by atoms with Crippen LogP contribution in [0.25, 0.3) is 0 Å². The van der Waals surface area contributed by atoms with Gasteiger partial charge in [-0.1, -0.05) is 13.8 Å². The second-order valence-electron chi connectivity index (χ2n) is 4.65. The van der Waals surface area contributed by atoms with Crippen LogP contribution in [0.1, 0.15) is 20.3 Å². The third-order valence-electron chi connectivity index (χ3n) is 2.81. The molecule has 1 atom stereocenters. The van der Waals surface area contributed by atoms with Gasteiger partial charge in [0.05, 0.1) is 12.5 Å². The van der Waals surface area contributed by atoms with Gasteiger partial charge in [0.1, 0.15) is 0 Å². The number of likely N-dealkylation sites (N-methyl/N-ethyl adjacent to an activating group) is 1. The van der Waals surface area contributed by atoms with Crippen LogP contribution >= 0.6 is 0 Å². The van der Waals surface area contributed by atoms with Crippen molar-refractivity contribution in [3.63, 3.8) is 0 Å². The molecule has 1 rings (SSSR count). The van der Waals surface area contributed by atoms with Crippen LogP contribution < -0.4 is 0 Å². The number of hydrogen-bond acceptors (Lipinski definition) is 3. The van der Waals surface area contributed by atoms with Crippen molar-refractivity contribution in [2.45, 2.75) is 26.3 Å². The Bertz CT molecular complexity index is 207. The first-order valence-electron chi connectivity index (χ1n) is 5.43. The van der Waals surface area contributed by atoms with Crippen LogP contribution in [-0.4, -0.2) is 49.1 Å². The third-order valence-corrected chi connectivity index (χ3v) is 2.81. The third kappa shape index (κ3) is 3.28. The van der Waals surface area contributed by atoms with Crippen LogP contribution in [0.15, 0.2) is 0 Å². The summed E-state index contributed by atoms with van der Waals surface area (Å²) in [6.07, 6.45) is 0.658. The average molecular weight is 195 g/mol. The molecule has 80 valence electrons. The molecule has 0 radical (unpaired) electrons. The van der Waals surface area contributed by atoms with Crippen molar-refractivity contribution in [1.82, 2.24) is 9.80 Å². The van der Waals surface area contributed by atoms with E-state index in [1.54, 1.807) is 0 Å². The second-order valence-corrected chi connectivity index (χ2v) is 4.65. The summed E-state index contributed by atoms with van der Waals surface area (Å²) in [6, 6.07) is 2.71. The van der Waals surface area contributed by atoms with E-state index in [9.17, 15) is 0 Å². The Hall–Kier alpha value is -0.590. The monoisotopic (exact) mass is 195 g/mol. The van der Waals surface area contributed by atoms with E-state index in [0.717, 1.165) is 32.1 Å². The zero-order valence-corrected chi connectivity index (χ0v) is 9.53. The summed E-state index contributed by atoms with van der Waals surface area (Å²) in [5.41, 5.74) is 0.